The van der Waals surface area contributed by atoms with Gasteiger partial charge in [0.15, 0.2) is 11.6 Å². The maximum absolute atomic E-state index is 4.49. The first kappa shape index (κ1) is 22.1. The Labute approximate surface area is 182 Å². The molecule has 0 fully saturated rings. The molecule has 3 aromatic heterocycles. The summed E-state index contributed by atoms with van der Waals surface area (Å²) in [5.74, 6) is 1.72. The van der Waals surface area contributed by atoms with Gasteiger partial charge < -0.3 is 10.6 Å². The number of nitrogens with zero attached hydrogens (tertiary/aromatic N) is 6. The highest BCUT2D eigenvalue weighted by atomic mass is 127. The molecule has 9 heteroatoms. The fourth-order valence-corrected chi connectivity index (χ4v) is 3.25. The summed E-state index contributed by atoms with van der Waals surface area (Å²) in [6.45, 7) is 7.06. The highest BCUT2D eigenvalue weighted by molar-refractivity contribution is 14.0. The van der Waals surface area contributed by atoms with Crippen LogP contribution in [0.2, 0.25) is 0 Å². The number of rotatable bonds is 6. The summed E-state index contributed by atoms with van der Waals surface area (Å²) in [4.78, 5) is 4.33. The number of hydrogen-bond donors (Lipinski definition) is 2. The topological polar surface area (TPSA) is 84.4 Å². The van der Waals surface area contributed by atoms with Gasteiger partial charge in [0.1, 0.15) is 5.82 Å². The molecule has 152 valence electrons. The second-order valence-electron chi connectivity index (χ2n) is 6.82. The Kier molecular flexibility index (Phi) is 7.78. The molecule has 28 heavy (non-hydrogen) atoms. The molecule has 2 N–H and O–H groups in total. The van der Waals surface area contributed by atoms with Crippen molar-refractivity contribution in [1.29, 1.82) is 0 Å². The fraction of sp³-hybridized carbons (Fsp3) is 0.474. The third kappa shape index (κ3) is 5.00. The quantitative estimate of drug-likeness (QED) is 0.310. The number of guanidine groups is 1. The maximum atomic E-state index is 4.49. The lowest BCUT2D eigenvalue weighted by atomic mass is 10.1. The Morgan fingerprint density at radius 1 is 1.25 bits per heavy atom. The van der Waals surface area contributed by atoms with E-state index < -0.39 is 0 Å². The molecule has 1 atom stereocenters. The molecule has 0 aromatic carbocycles. The molecule has 0 amide bonds. The number of aromatic nitrogens is 5. The molecule has 0 bridgehead atoms. The smallest absolute Gasteiger partial charge is 0.191 e. The second-order valence-corrected chi connectivity index (χ2v) is 6.82. The van der Waals surface area contributed by atoms with Crippen molar-refractivity contribution in [1.82, 2.24) is 35.0 Å². The van der Waals surface area contributed by atoms with Gasteiger partial charge in [0.05, 0.1) is 5.69 Å². The van der Waals surface area contributed by atoms with Gasteiger partial charge in [-0.1, -0.05) is 6.07 Å². The van der Waals surface area contributed by atoms with E-state index in [0.29, 0.717) is 0 Å². The number of aliphatic imine (C=N–C) groups is 1. The summed E-state index contributed by atoms with van der Waals surface area (Å²) in [5, 5.41) is 19.8. The molecular formula is C19H29IN8. The summed E-state index contributed by atoms with van der Waals surface area (Å²) >= 11 is 0. The van der Waals surface area contributed by atoms with Gasteiger partial charge >= 0.3 is 0 Å². The van der Waals surface area contributed by atoms with Crippen LogP contribution in [0.15, 0.2) is 29.4 Å². The standard InChI is InChI=1S/C19H28N8.HI/c1-13(12-16-14(2)25-26(5)15(16)3)22-19(20-4)21-10-9-18-24-23-17-8-6-7-11-27(17)18;/h6-8,11,13H,9-10,12H2,1-5H3,(H2,20,21,22);1H. The van der Waals surface area contributed by atoms with Crippen molar-refractivity contribution in [3.63, 3.8) is 0 Å². The van der Waals surface area contributed by atoms with E-state index in [-0.39, 0.29) is 30.0 Å². The van der Waals surface area contributed by atoms with Crippen molar-refractivity contribution >= 4 is 35.6 Å². The average molecular weight is 496 g/mol. The molecule has 0 aliphatic heterocycles. The predicted octanol–water partition coefficient (Wildman–Crippen LogP) is 2.04. The van der Waals surface area contributed by atoms with Crippen molar-refractivity contribution in [3.05, 3.63) is 47.2 Å². The molecule has 3 aromatic rings. The first-order valence-corrected chi connectivity index (χ1v) is 9.24. The Hall–Kier alpha value is -2.17. The minimum atomic E-state index is 0. The van der Waals surface area contributed by atoms with Crippen molar-refractivity contribution in [3.8, 4) is 0 Å². The maximum Gasteiger partial charge on any atom is 0.191 e. The molecule has 1 unspecified atom stereocenters. The number of nitrogens with one attached hydrogen (secondary N) is 2. The largest absolute Gasteiger partial charge is 0.356 e. The van der Waals surface area contributed by atoms with E-state index in [9.17, 15) is 0 Å². The van der Waals surface area contributed by atoms with Crippen LogP contribution in [0, 0.1) is 13.8 Å². The van der Waals surface area contributed by atoms with Crippen LogP contribution in [-0.4, -0.2) is 50.0 Å². The zero-order valence-electron chi connectivity index (χ0n) is 17.1. The van der Waals surface area contributed by atoms with Crippen LogP contribution >= 0.6 is 24.0 Å². The zero-order chi connectivity index (χ0) is 19.4. The molecular weight excluding hydrogens is 467 g/mol. The Balaban J connectivity index is 0.00000280. The van der Waals surface area contributed by atoms with Gasteiger partial charge in [-0.15, -0.1) is 34.2 Å². The summed E-state index contributed by atoms with van der Waals surface area (Å²) in [6, 6.07) is 6.14. The summed E-state index contributed by atoms with van der Waals surface area (Å²) in [6.07, 6.45) is 3.65. The zero-order valence-corrected chi connectivity index (χ0v) is 19.4. The minimum absolute atomic E-state index is 0. The van der Waals surface area contributed by atoms with Crippen LogP contribution in [-0.2, 0) is 19.9 Å². The fourth-order valence-electron chi connectivity index (χ4n) is 3.25. The van der Waals surface area contributed by atoms with Crippen molar-refractivity contribution in [2.24, 2.45) is 12.0 Å². The summed E-state index contributed by atoms with van der Waals surface area (Å²) in [7, 11) is 3.77. The Morgan fingerprint density at radius 3 is 2.71 bits per heavy atom. The van der Waals surface area contributed by atoms with Crippen molar-refractivity contribution < 1.29 is 0 Å². The number of halogens is 1. The summed E-state index contributed by atoms with van der Waals surface area (Å²) in [5.41, 5.74) is 4.46. The first-order chi connectivity index (χ1) is 13.0. The Bertz CT molecular complexity index is 943. The van der Waals surface area contributed by atoms with Gasteiger partial charge in [-0.25, -0.2) is 0 Å². The van der Waals surface area contributed by atoms with E-state index in [1.54, 1.807) is 7.05 Å². The van der Waals surface area contributed by atoms with Gasteiger partial charge in [-0.3, -0.25) is 14.1 Å². The van der Waals surface area contributed by atoms with Crippen molar-refractivity contribution in [2.75, 3.05) is 13.6 Å². The predicted molar refractivity (Wildman–Crippen MR) is 122 cm³/mol. The first-order valence-electron chi connectivity index (χ1n) is 9.24. The van der Waals surface area contributed by atoms with E-state index in [1.807, 2.05) is 40.5 Å². The lowest BCUT2D eigenvalue weighted by Gasteiger charge is -2.18. The second kappa shape index (κ2) is 9.85. The number of aryl methyl sites for hydroxylation is 2. The molecule has 0 radical (unpaired) electrons. The normalized spacial score (nSPS) is 12.7. The van der Waals surface area contributed by atoms with E-state index in [1.165, 1.54) is 11.3 Å². The average Bonchev–Trinajstić information content (AvgIpc) is 3.17. The van der Waals surface area contributed by atoms with E-state index >= 15 is 0 Å². The SMILES string of the molecule is CN=C(NCCc1nnc2ccccn12)NC(C)Cc1c(C)nn(C)c1C.I. The van der Waals surface area contributed by atoms with Crippen molar-refractivity contribution in [2.45, 2.75) is 39.7 Å². The molecule has 0 spiro atoms. The summed E-state index contributed by atoms with van der Waals surface area (Å²) < 4.78 is 3.95. The highest BCUT2D eigenvalue weighted by Gasteiger charge is 2.14. The molecule has 3 rings (SSSR count). The van der Waals surface area contributed by atoms with Crippen LogP contribution in [0.5, 0.6) is 0 Å². The molecule has 0 aliphatic rings. The van der Waals surface area contributed by atoms with Crippen LogP contribution in [0.25, 0.3) is 5.65 Å². The highest BCUT2D eigenvalue weighted by Crippen LogP contribution is 2.14. The van der Waals surface area contributed by atoms with Gasteiger partial charge in [-0.05, 0) is 44.9 Å². The number of hydrogen-bond acceptors (Lipinski definition) is 4. The van der Waals surface area contributed by atoms with Gasteiger partial charge in [0.25, 0.3) is 0 Å². The van der Waals surface area contributed by atoms with Crippen LogP contribution in [0.3, 0.4) is 0 Å². The van der Waals surface area contributed by atoms with Crippen LogP contribution < -0.4 is 10.6 Å². The number of fused-ring (bicyclic) bond motifs is 1. The molecule has 8 nitrogen and oxygen atoms in total. The third-order valence-electron chi connectivity index (χ3n) is 4.80. The van der Waals surface area contributed by atoms with Crippen LogP contribution in [0.4, 0.5) is 0 Å². The Morgan fingerprint density at radius 2 is 2.04 bits per heavy atom. The van der Waals surface area contributed by atoms with Crippen LogP contribution in [0.1, 0.15) is 29.7 Å². The van der Waals surface area contributed by atoms with Gasteiger partial charge in [0.2, 0.25) is 0 Å². The van der Waals surface area contributed by atoms with E-state index in [4.69, 9.17) is 0 Å². The van der Waals surface area contributed by atoms with Gasteiger partial charge in [-0.2, -0.15) is 5.10 Å². The number of pyridine rings is 1. The lowest BCUT2D eigenvalue weighted by molar-refractivity contribution is 0.633. The molecule has 3 heterocycles. The molecule has 0 saturated carbocycles. The van der Waals surface area contributed by atoms with Gasteiger partial charge in [0, 0.05) is 45.0 Å². The van der Waals surface area contributed by atoms with E-state index in [2.05, 4.69) is 51.7 Å². The third-order valence-corrected chi connectivity index (χ3v) is 4.80. The monoisotopic (exact) mass is 496 g/mol. The lowest BCUT2D eigenvalue weighted by Crippen LogP contribution is -2.43. The molecule has 0 saturated heterocycles. The minimum Gasteiger partial charge on any atom is -0.356 e. The van der Waals surface area contributed by atoms with E-state index in [0.717, 1.165) is 42.5 Å². The molecule has 0 aliphatic carbocycles.